The molecule has 0 aromatic heterocycles. The Morgan fingerprint density at radius 1 is 1.11 bits per heavy atom. The first-order valence-electron chi connectivity index (χ1n) is 8.46. The maximum absolute atomic E-state index is 13.2. The van der Waals surface area contributed by atoms with Crippen LogP contribution in [-0.2, 0) is 23.1 Å². The summed E-state index contributed by atoms with van der Waals surface area (Å²) in [4.78, 5) is 4.35. The highest BCUT2D eigenvalue weighted by molar-refractivity contribution is 7.89. The van der Waals surface area contributed by atoms with Gasteiger partial charge in [0, 0.05) is 12.1 Å². The molecule has 2 aromatic rings. The number of sulfonamides is 1. The number of nitrogens with two attached hydrogens (primary N) is 1. The van der Waals surface area contributed by atoms with E-state index in [1.54, 1.807) is 24.3 Å². The molecule has 0 bridgehead atoms. The molecule has 2 rings (SSSR count). The van der Waals surface area contributed by atoms with Gasteiger partial charge in [-0.3, -0.25) is 0 Å². The van der Waals surface area contributed by atoms with Crippen LogP contribution in [0.4, 0.5) is 4.39 Å². The topological polar surface area (TPSA) is 96.6 Å². The van der Waals surface area contributed by atoms with Crippen molar-refractivity contribution in [2.75, 3.05) is 0 Å². The van der Waals surface area contributed by atoms with Crippen LogP contribution in [0.2, 0.25) is 0 Å². The third-order valence-electron chi connectivity index (χ3n) is 3.50. The monoisotopic (exact) mass is 392 g/mol. The normalized spacial score (nSPS) is 12.8. The fourth-order valence-electron chi connectivity index (χ4n) is 2.32. The molecule has 0 unspecified atom stereocenters. The first kappa shape index (κ1) is 20.9. The van der Waals surface area contributed by atoms with Crippen LogP contribution in [-0.4, -0.2) is 19.9 Å². The van der Waals surface area contributed by atoms with E-state index in [9.17, 15) is 12.8 Å². The second-order valence-corrected chi connectivity index (χ2v) is 8.95. The van der Waals surface area contributed by atoms with Gasteiger partial charge < -0.3 is 11.1 Å². The Hall–Kier alpha value is -2.45. The Labute approximate surface area is 159 Å². The van der Waals surface area contributed by atoms with Crippen LogP contribution in [0.3, 0.4) is 0 Å². The molecule has 0 spiro atoms. The lowest BCUT2D eigenvalue weighted by atomic mass is 10.1. The molecule has 8 heteroatoms. The van der Waals surface area contributed by atoms with Crippen LogP contribution >= 0.6 is 0 Å². The van der Waals surface area contributed by atoms with Crippen molar-refractivity contribution in [3.05, 3.63) is 65.5 Å². The summed E-state index contributed by atoms with van der Waals surface area (Å²) in [5, 5.41) is 3.04. The van der Waals surface area contributed by atoms with Gasteiger partial charge in [0.2, 0.25) is 10.0 Å². The zero-order valence-electron chi connectivity index (χ0n) is 15.7. The van der Waals surface area contributed by atoms with Gasteiger partial charge in [-0.2, -0.15) is 0 Å². The SMILES string of the molecule is CC(C)(C)NC(N)=NCc1cccc(S(=O)(=O)NCc2cccc(F)c2)c1. The maximum Gasteiger partial charge on any atom is 0.240 e. The molecule has 6 nitrogen and oxygen atoms in total. The van der Waals surface area contributed by atoms with Crippen LogP contribution < -0.4 is 15.8 Å². The number of nitrogens with zero attached hydrogens (tertiary/aromatic N) is 1. The lowest BCUT2D eigenvalue weighted by Gasteiger charge is -2.21. The summed E-state index contributed by atoms with van der Waals surface area (Å²) in [5.41, 5.74) is 6.88. The smallest absolute Gasteiger partial charge is 0.240 e. The third-order valence-corrected chi connectivity index (χ3v) is 4.90. The van der Waals surface area contributed by atoms with E-state index in [0.29, 0.717) is 17.1 Å². The predicted octanol–water partition coefficient (Wildman–Crippen LogP) is 2.51. The summed E-state index contributed by atoms with van der Waals surface area (Å²) in [6.07, 6.45) is 0. The molecule has 146 valence electrons. The van der Waals surface area contributed by atoms with Gasteiger partial charge in [-0.15, -0.1) is 0 Å². The highest BCUT2D eigenvalue weighted by atomic mass is 32.2. The molecular formula is C19H25FN4O2S. The van der Waals surface area contributed by atoms with Crippen molar-refractivity contribution in [2.45, 2.75) is 44.3 Å². The average Bonchev–Trinajstić information content (AvgIpc) is 2.57. The van der Waals surface area contributed by atoms with Gasteiger partial charge in [0.15, 0.2) is 5.96 Å². The number of halogens is 1. The van der Waals surface area contributed by atoms with E-state index >= 15 is 0 Å². The summed E-state index contributed by atoms with van der Waals surface area (Å²) in [5.74, 6) is -0.118. The molecule has 0 atom stereocenters. The minimum absolute atomic E-state index is 0.00489. The Kier molecular flexibility index (Phi) is 6.56. The summed E-state index contributed by atoms with van der Waals surface area (Å²) in [6.45, 7) is 6.15. The molecule has 27 heavy (non-hydrogen) atoms. The molecule has 4 N–H and O–H groups in total. The number of aliphatic imine (C=N–C) groups is 1. The maximum atomic E-state index is 13.2. The highest BCUT2D eigenvalue weighted by Crippen LogP contribution is 2.13. The molecule has 0 saturated carbocycles. The van der Waals surface area contributed by atoms with Crippen LogP contribution in [0.1, 0.15) is 31.9 Å². The standard InChI is InChI=1S/C19H25FN4O2S/c1-19(2,3)24-18(21)22-12-15-7-5-9-17(11-15)27(25,26)23-13-14-6-4-8-16(20)10-14/h4-11,23H,12-13H2,1-3H3,(H3,21,22,24). The Morgan fingerprint density at radius 2 is 1.78 bits per heavy atom. The molecule has 0 heterocycles. The summed E-state index contributed by atoms with van der Waals surface area (Å²) in [6, 6.07) is 12.3. The Bertz CT molecular complexity index is 921. The van der Waals surface area contributed by atoms with Crippen molar-refractivity contribution in [3.8, 4) is 0 Å². The summed E-state index contributed by atoms with van der Waals surface area (Å²) >= 11 is 0. The second kappa shape index (κ2) is 8.49. The molecule has 0 amide bonds. The average molecular weight is 393 g/mol. The van der Waals surface area contributed by atoms with Crippen LogP contribution in [0.5, 0.6) is 0 Å². The quantitative estimate of drug-likeness (QED) is 0.520. The zero-order valence-corrected chi connectivity index (χ0v) is 16.5. The van der Waals surface area contributed by atoms with E-state index in [-0.39, 0.29) is 23.5 Å². The lowest BCUT2D eigenvalue weighted by molar-refractivity contribution is 0.508. The zero-order chi connectivity index (χ0) is 20.1. The summed E-state index contributed by atoms with van der Waals surface area (Å²) in [7, 11) is -3.73. The number of rotatable bonds is 6. The number of benzene rings is 2. The van der Waals surface area contributed by atoms with Gasteiger partial charge in [0.25, 0.3) is 0 Å². The van der Waals surface area contributed by atoms with E-state index in [4.69, 9.17) is 5.73 Å². The van der Waals surface area contributed by atoms with Crippen molar-refractivity contribution in [3.63, 3.8) is 0 Å². The fraction of sp³-hybridized carbons (Fsp3) is 0.316. The Morgan fingerprint density at radius 3 is 2.44 bits per heavy atom. The van der Waals surface area contributed by atoms with Crippen molar-refractivity contribution < 1.29 is 12.8 Å². The number of hydrogen-bond acceptors (Lipinski definition) is 3. The molecular weight excluding hydrogens is 367 g/mol. The highest BCUT2D eigenvalue weighted by Gasteiger charge is 2.14. The Balaban J connectivity index is 2.07. The minimum Gasteiger partial charge on any atom is -0.370 e. The minimum atomic E-state index is -3.73. The van der Waals surface area contributed by atoms with Crippen molar-refractivity contribution in [1.29, 1.82) is 0 Å². The van der Waals surface area contributed by atoms with E-state index in [1.165, 1.54) is 24.3 Å². The molecule has 0 fully saturated rings. The van der Waals surface area contributed by atoms with Gasteiger partial charge in [0.1, 0.15) is 5.82 Å². The van der Waals surface area contributed by atoms with Crippen molar-refractivity contribution in [1.82, 2.24) is 10.0 Å². The largest absolute Gasteiger partial charge is 0.370 e. The third kappa shape index (κ3) is 6.99. The number of guanidine groups is 1. The molecule has 0 aliphatic carbocycles. The van der Waals surface area contributed by atoms with Crippen LogP contribution in [0.25, 0.3) is 0 Å². The summed E-state index contributed by atoms with van der Waals surface area (Å²) < 4.78 is 40.7. The van der Waals surface area contributed by atoms with E-state index < -0.39 is 15.8 Å². The molecule has 0 aliphatic rings. The number of nitrogens with one attached hydrogen (secondary N) is 2. The van der Waals surface area contributed by atoms with Crippen molar-refractivity contribution >= 4 is 16.0 Å². The molecule has 0 radical (unpaired) electrons. The fourth-order valence-corrected chi connectivity index (χ4v) is 3.41. The van der Waals surface area contributed by atoms with E-state index in [1.807, 2.05) is 20.8 Å². The van der Waals surface area contributed by atoms with Crippen LogP contribution in [0.15, 0.2) is 58.4 Å². The molecule has 2 aromatic carbocycles. The van der Waals surface area contributed by atoms with E-state index in [0.717, 1.165) is 0 Å². The van der Waals surface area contributed by atoms with Gasteiger partial charge in [-0.05, 0) is 56.2 Å². The van der Waals surface area contributed by atoms with Crippen molar-refractivity contribution in [2.24, 2.45) is 10.7 Å². The van der Waals surface area contributed by atoms with Gasteiger partial charge in [-0.25, -0.2) is 22.5 Å². The van der Waals surface area contributed by atoms with Gasteiger partial charge >= 0.3 is 0 Å². The first-order valence-corrected chi connectivity index (χ1v) is 9.95. The predicted molar refractivity (Wildman–Crippen MR) is 105 cm³/mol. The second-order valence-electron chi connectivity index (χ2n) is 7.18. The van der Waals surface area contributed by atoms with Gasteiger partial charge in [-0.1, -0.05) is 24.3 Å². The van der Waals surface area contributed by atoms with E-state index in [2.05, 4.69) is 15.0 Å². The van der Waals surface area contributed by atoms with Gasteiger partial charge in [0.05, 0.1) is 11.4 Å². The van der Waals surface area contributed by atoms with Crippen LogP contribution in [0, 0.1) is 5.82 Å². The first-order chi connectivity index (χ1) is 12.5. The number of hydrogen-bond donors (Lipinski definition) is 3. The molecule has 0 saturated heterocycles. The molecule has 0 aliphatic heterocycles. The lowest BCUT2D eigenvalue weighted by Crippen LogP contribution is -2.44.